The van der Waals surface area contributed by atoms with Gasteiger partial charge in [0.15, 0.2) is 0 Å². The molecule has 5 heteroatoms. The predicted molar refractivity (Wildman–Crippen MR) is 81.0 cm³/mol. The number of rotatable bonds is 5. The zero-order valence-corrected chi connectivity index (χ0v) is 12.6. The maximum atomic E-state index is 12.4. The first kappa shape index (κ1) is 15.5. The Kier molecular flexibility index (Phi) is 5.32. The Morgan fingerprint density at radius 3 is 2.71 bits per heavy atom. The zero-order chi connectivity index (χ0) is 15.2. The largest absolute Gasteiger partial charge is 0.340 e. The van der Waals surface area contributed by atoms with Gasteiger partial charge in [0.25, 0.3) is 0 Å². The van der Waals surface area contributed by atoms with Crippen molar-refractivity contribution >= 4 is 5.91 Å². The van der Waals surface area contributed by atoms with Gasteiger partial charge in [-0.05, 0) is 30.5 Å². The van der Waals surface area contributed by atoms with Crippen LogP contribution in [0, 0.1) is 11.3 Å². The van der Waals surface area contributed by atoms with E-state index in [-0.39, 0.29) is 11.9 Å². The number of nitrogens with one attached hydrogen (secondary N) is 2. The van der Waals surface area contributed by atoms with Crippen molar-refractivity contribution in [1.82, 2.24) is 15.8 Å². The SMILES string of the molecule is CCCC1CC(C(=O)N(C)Cc2ccc(C#N)cc2)NN1. The van der Waals surface area contributed by atoms with E-state index in [1.54, 1.807) is 17.0 Å². The molecule has 21 heavy (non-hydrogen) atoms. The van der Waals surface area contributed by atoms with Crippen molar-refractivity contribution in [3.05, 3.63) is 35.4 Å². The standard InChI is InChI=1S/C16H22N4O/c1-3-4-14-9-15(19-18-14)16(21)20(2)11-13-7-5-12(10-17)6-8-13/h5-8,14-15,18-19H,3-4,9,11H2,1-2H3. The molecule has 0 bridgehead atoms. The third-order valence-electron chi connectivity index (χ3n) is 3.80. The lowest BCUT2D eigenvalue weighted by Crippen LogP contribution is -2.43. The Balaban J connectivity index is 1.89. The van der Waals surface area contributed by atoms with E-state index in [9.17, 15) is 4.79 Å². The molecule has 112 valence electrons. The van der Waals surface area contributed by atoms with Crippen LogP contribution in [0.2, 0.25) is 0 Å². The van der Waals surface area contributed by atoms with E-state index in [2.05, 4.69) is 23.8 Å². The van der Waals surface area contributed by atoms with Gasteiger partial charge < -0.3 is 4.90 Å². The minimum absolute atomic E-state index is 0.102. The Morgan fingerprint density at radius 2 is 2.10 bits per heavy atom. The van der Waals surface area contributed by atoms with Crippen LogP contribution in [0.4, 0.5) is 0 Å². The Labute approximate surface area is 125 Å². The fourth-order valence-electron chi connectivity index (χ4n) is 2.62. The molecular formula is C16H22N4O. The number of hydrazine groups is 1. The summed E-state index contributed by atoms with van der Waals surface area (Å²) < 4.78 is 0. The highest BCUT2D eigenvalue weighted by molar-refractivity contribution is 5.82. The van der Waals surface area contributed by atoms with E-state index in [0.717, 1.165) is 24.8 Å². The summed E-state index contributed by atoms with van der Waals surface area (Å²) >= 11 is 0. The Bertz CT molecular complexity index is 520. The monoisotopic (exact) mass is 286 g/mol. The number of hydrogen-bond acceptors (Lipinski definition) is 4. The first-order valence-corrected chi connectivity index (χ1v) is 7.39. The molecule has 0 spiro atoms. The molecule has 1 aromatic rings. The predicted octanol–water partition coefficient (Wildman–Crippen LogP) is 1.55. The molecule has 0 radical (unpaired) electrons. The van der Waals surface area contributed by atoms with Crippen molar-refractivity contribution in [2.45, 2.75) is 44.8 Å². The molecule has 2 atom stereocenters. The second-order valence-corrected chi connectivity index (χ2v) is 5.57. The molecule has 0 aliphatic carbocycles. The number of carbonyl (C=O) groups is 1. The fraction of sp³-hybridized carbons (Fsp3) is 0.500. The van der Waals surface area contributed by atoms with Crippen LogP contribution in [0.1, 0.15) is 37.3 Å². The highest BCUT2D eigenvalue weighted by atomic mass is 16.2. The molecule has 2 N–H and O–H groups in total. The zero-order valence-electron chi connectivity index (χ0n) is 12.6. The summed E-state index contributed by atoms with van der Waals surface area (Å²) in [6.07, 6.45) is 3.03. The summed E-state index contributed by atoms with van der Waals surface area (Å²) in [6, 6.07) is 9.67. The van der Waals surface area contributed by atoms with Crippen LogP contribution < -0.4 is 10.9 Å². The third kappa shape index (κ3) is 4.03. The van der Waals surface area contributed by atoms with E-state index in [4.69, 9.17) is 5.26 Å². The van der Waals surface area contributed by atoms with Gasteiger partial charge in [0.05, 0.1) is 11.6 Å². The van der Waals surface area contributed by atoms with Gasteiger partial charge in [0.2, 0.25) is 5.91 Å². The van der Waals surface area contributed by atoms with Crippen LogP contribution in [0.3, 0.4) is 0 Å². The molecule has 5 nitrogen and oxygen atoms in total. The smallest absolute Gasteiger partial charge is 0.241 e. The van der Waals surface area contributed by atoms with Gasteiger partial charge in [-0.2, -0.15) is 5.26 Å². The molecule has 1 fully saturated rings. The van der Waals surface area contributed by atoms with E-state index in [1.807, 2.05) is 19.2 Å². The number of nitriles is 1. The van der Waals surface area contributed by atoms with Gasteiger partial charge in [0, 0.05) is 19.6 Å². The van der Waals surface area contributed by atoms with E-state index in [0.29, 0.717) is 18.2 Å². The summed E-state index contributed by atoms with van der Waals surface area (Å²) in [4.78, 5) is 14.1. The normalized spacial score (nSPS) is 21.0. The summed E-state index contributed by atoms with van der Waals surface area (Å²) in [5.74, 6) is 0.102. The Morgan fingerprint density at radius 1 is 1.38 bits per heavy atom. The first-order chi connectivity index (χ1) is 10.1. The average Bonchev–Trinajstić information content (AvgIpc) is 2.96. The van der Waals surface area contributed by atoms with Crippen molar-refractivity contribution in [2.75, 3.05) is 7.05 Å². The summed E-state index contributed by atoms with van der Waals surface area (Å²) in [6.45, 7) is 2.70. The maximum Gasteiger partial charge on any atom is 0.241 e. The van der Waals surface area contributed by atoms with Gasteiger partial charge in [-0.15, -0.1) is 0 Å². The number of carbonyl (C=O) groups excluding carboxylic acids is 1. The van der Waals surface area contributed by atoms with Gasteiger partial charge in [0.1, 0.15) is 6.04 Å². The third-order valence-corrected chi connectivity index (χ3v) is 3.80. The number of hydrogen-bond donors (Lipinski definition) is 2. The minimum Gasteiger partial charge on any atom is -0.340 e. The van der Waals surface area contributed by atoms with Crippen molar-refractivity contribution in [3.8, 4) is 6.07 Å². The molecule has 2 unspecified atom stereocenters. The highest BCUT2D eigenvalue weighted by Gasteiger charge is 2.30. The topological polar surface area (TPSA) is 68.2 Å². The van der Waals surface area contributed by atoms with Crippen LogP contribution >= 0.6 is 0 Å². The van der Waals surface area contributed by atoms with Crippen LogP contribution in [0.15, 0.2) is 24.3 Å². The Hall–Kier alpha value is -1.90. The lowest BCUT2D eigenvalue weighted by molar-refractivity contribution is -0.132. The fourth-order valence-corrected chi connectivity index (χ4v) is 2.62. The second-order valence-electron chi connectivity index (χ2n) is 5.57. The molecule has 1 aliphatic heterocycles. The van der Waals surface area contributed by atoms with Crippen molar-refractivity contribution in [2.24, 2.45) is 0 Å². The summed E-state index contributed by atoms with van der Waals surface area (Å²) in [5, 5.41) is 8.78. The number of benzene rings is 1. The lowest BCUT2D eigenvalue weighted by atomic mass is 10.1. The molecule has 1 heterocycles. The minimum atomic E-state index is -0.148. The van der Waals surface area contributed by atoms with E-state index >= 15 is 0 Å². The number of likely N-dealkylation sites (N-methyl/N-ethyl adjacent to an activating group) is 1. The quantitative estimate of drug-likeness (QED) is 0.862. The molecule has 1 aliphatic rings. The molecule has 1 amide bonds. The van der Waals surface area contributed by atoms with Crippen LogP contribution in [-0.2, 0) is 11.3 Å². The van der Waals surface area contributed by atoms with Gasteiger partial charge in [-0.3, -0.25) is 10.2 Å². The van der Waals surface area contributed by atoms with Crippen molar-refractivity contribution in [1.29, 1.82) is 5.26 Å². The van der Waals surface area contributed by atoms with Crippen LogP contribution in [0.25, 0.3) is 0 Å². The maximum absolute atomic E-state index is 12.4. The molecule has 1 saturated heterocycles. The van der Waals surface area contributed by atoms with E-state index < -0.39 is 0 Å². The average molecular weight is 286 g/mol. The molecule has 2 rings (SSSR count). The van der Waals surface area contributed by atoms with Gasteiger partial charge >= 0.3 is 0 Å². The lowest BCUT2D eigenvalue weighted by Gasteiger charge is -2.21. The summed E-state index contributed by atoms with van der Waals surface area (Å²) in [5.41, 5.74) is 7.95. The number of nitrogens with zero attached hydrogens (tertiary/aromatic N) is 2. The molecule has 0 aromatic heterocycles. The second kappa shape index (κ2) is 7.21. The summed E-state index contributed by atoms with van der Waals surface area (Å²) in [7, 11) is 1.81. The van der Waals surface area contributed by atoms with Crippen molar-refractivity contribution < 1.29 is 4.79 Å². The van der Waals surface area contributed by atoms with Crippen LogP contribution in [0.5, 0.6) is 0 Å². The first-order valence-electron chi connectivity index (χ1n) is 7.39. The molecular weight excluding hydrogens is 264 g/mol. The van der Waals surface area contributed by atoms with Gasteiger partial charge in [-0.1, -0.05) is 25.5 Å². The van der Waals surface area contributed by atoms with Gasteiger partial charge in [-0.25, -0.2) is 5.43 Å². The van der Waals surface area contributed by atoms with Crippen LogP contribution in [-0.4, -0.2) is 29.9 Å². The van der Waals surface area contributed by atoms with E-state index in [1.165, 1.54) is 0 Å². The molecule has 0 saturated carbocycles. The highest BCUT2D eigenvalue weighted by Crippen LogP contribution is 2.13. The van der Waals surface area contributed by atoms with Crippen molar-refractivity contribution in [3.63, 3.8) is 0 Å². The number of amides is 1. The molecule has 1 aromatic carbocycles.